The fraction of sp³-hybridized carbons (Fsp3) is 0.222. The Morgan fingerprint density at radius 3 is 3.00 bits per heavy atom. The van der Waals surface area contributed by atoms with Gasteiger partial charge in [0.25, 0.3) is 0 Å². The molecule has 0 atom stereocenters. The average molecular weight is 209 g/mol. The third-order valence-corrected chi connectivity index (χ3v) is 2.44. The topological polar surface area (TPSA) is 38.7 Å². The number of pyridine rings is 1. The highest BCUT2D eigenvalue weighted by Crippen LogP contribution is 2.17. The Bertz CT molecular complexity index is 461. The SMILES string of the molecule is CCSc1ncc2cncc(F)c2n1. The molecule has 3 nitrogen and oxygen atoms in total. The molecule has 0 aliphatic heterocycles. The summed E-state index contributed by atoms with van der Waals surface area (Å²) in [6, 6.07) is 0. The van der Waals surface area contributed by atoms with E-state index in [1.807, 2.05) is 6.92 Å². The first-order valence-electron chi connectivity index (χ1n) is 4.20. The summed E-state index contributed by atoms with van der Waals surface area (Å²) in [6.07, 6.45) is 4.31. The van der Waals surface area contributed by atoms with E-state index in [2.05, 4.69) is 15.0 Å². The molecule has 0 fully saturated rings. The van der Waals surface area contributed by atoms with Crippen molar-refractivity contribution >= 4 is 22.7 Å². The van der Waals surface area contributed by atoms with Crippen molar-refractivity contribution in [2.24, 2.45) is 0 Å². The van der Waals surface area contributed by atoms with E-state index in [9.17, 15) is 4.39 Å². The Morgan fingerprint density at radius 1 is 1.36 bits per heavy atom. The number of fused-ring (bicyclic) bond motifs is 1. The first-order chi connectivity index (χ1) is 6.81. The largest absolute Gasteiger partial charge is 0.261 e. The molecule has 0 saturated heterocycles. The molecule has 5 heteroatoms. The van der Waals surface area contributed by atoms with E-state index < -0.39 is 5.82 Å². The maximum absolute atomic E-state index is 13.2. The lowest BCUT2D eigenvalue weighted by atomic mass is 10.3. The highest BCUT2D eigenvalue weighted by molar-refractivity contribution is 7.99. The van der Waals surface area contributed by atoms with Crippen LogP contribution in [0.4, 0.5) is 4.39 Å². The normalized spacial score (nSPS) is 10.7. The number of aromatic nitrogens is 3. The van der Waals surface area contributed by atoms with Gasteiger partial charge < -0.3 is 0 Å². The highest BCUT2D eigenvalue weighted by Gasteiger charge is 2.04. The molecule has 0 saturated carbocycles. The first-order valence-corrected chi connectivity index (χ1v) is 5.19. The van der Waals surface area contributed by atoms with Crippen LogP contribution in [0.3, 0.4) is 0 Å². The van der Waals surface area contributed by atoms with Crippen LogP contribution in [0.15, 0.2) is 23.7 Å². The zero-order valence-electron chi connectivity index (χ0n) is 7.57. The van der Waals surface area contributed by atoms with Crippen LogP contribution in [0, 0.1) is 5.82 Å². The minimum atomic E-state index is -0.400. The predicted molar refractivity (Wildman–Crippen MR) is 53.7 cm³/mol. The van der Waals surface area contributed by atoms with E-state index in [1.165, 1.54) is 11.8 Å². The van der Waals surface area contributed by atoms with Gasteiger partial charge >= 0.3 is 0 Å². The lowest BCUT2D eigenvalue weighted by molar-refractivity contribution is 0.629. The molecule has 0 aromatic carbocycles. The summed E-state index contributed by atoms with van der Waals surface area (Å²) in [6.45, 7) is 2.00. The Balaban J connectivity index is 2.58. The van der Waals surface area contributed by atoms with Crippen LogP contribution in [0.25, 0.3) is 10.9 Å². The fourth-order valence-corrected chi connectivity index (χ4v) is 1.64. The van der Waals surface area contributed by atoms with Crippen molar-refractivity contribution < 1.29 is 4.39 Å². The van der Waals surface area contributed by atoms with Crippen molar-refractivity contribution in [1.29, 1.82) is 0 Å². The summed E-state index contributed by atoms with van der Waals surface area (Å²) in [5.74, 6) is 0.473. The molecular weight excluding hydrogens is 201 g/mol. The maximum atomic E-state index is 13.2. The maximum Gasteiger partial charge on any atom is 0.188 e. The van der Waals surface area contributed by atoms with E-state index >= 15 is 0 Å². The number of rotatable bonds is 2. The molecule has 0 N–H and O–H groups in total. The molecule has 2 rings (SSSR count). The summed E-state index contributed by atoms with van der Waals surface area (Å²) in [4.78, 5) is 11.9. The van der Waals surface area contributed by atoms with E-state index in [1.54, 1.807) is 12.4 Å². The van der Waals surface area contributed by atoms with Crippen LogP contribution in [-0.2, 0) is 0 Å². The van der Waals surface area contributed by atoms with Gasteiger partial charge in [-0.15, -0.1) is 0 Å². The molecule has 2 heterocycles. The van der Waals surface area contributed by atoms with Gasteiger partial charge in [-0.05, 0) is 5.75 Å². The zero-order chi connectivity index (χ0) is 9.97. The van der Waals surface area contributed by atoms with Crippen molar-refractivity contribution in [3.63, 3.8) is 0 Å². The standard InChI is InChI=1S/C9H8FN3S/c1-2-14-9-12-4-6-3-11-5-7(10)8(6)13-9/h3-5H,2H2,1H3. The Kier molecular flexibility index (Phi) is 2.58. The molecule has 0 unspecified atom stereocenters. The molecule has 0 aliphatic carbocycles. The van der Waals surface area contributed by atoms with Gasteiger partial charge in [-0.1, -0.05) is 18.7 Å². The molecule has 0 amide bonds. The summed E-state index contributed by atoms with van der Waals surface area (Å²) < 4.78 is 13.2. The van der Waals surface area contributed by atoms with E-state index in [0.29, 0.717) is 16.1 Å². The second-order valence-corrected chi connectivity index (χ2v) is 3.88. The van der Waals surface area contributed by atoms with E-state index in [-0.39, 0.29) is 0 Å². The molecule has 0 aliphatic rings. The van der Waals surface area contributed by atoms with Gasteiger partial charge in [0.15, 0.2) is 11.0 Å². The number of nitrogens with zero attached hydrogens (tertiary/aromatic N) is 3. The molecule has 2 aromatic rings. The molecule has 72 valence electrons. The van der Waals surface area contributed by atoms with Gasteiger partial charge in [0.1, 0.15) is 5.52 Å². The highest BCUT2D eigenvalue weighted by atomic mass is 32.2. The van der Waals surface area contributed by atoms with Gasteiger partial charge in [-0.2, -0.15) is 0 Å². The average Bonchev–Trinajstić information content (AvgIpc) is 2.20. The molecule has 0 spiro atoms. The van der Waals surface area contributed by atoms with Crippen LogP contribution in [0.2, 0.25) is 0 Å². The molecule has 14 heavy (non-hydrogen) atoms. The van der Waals surface area contributed by atoms with Crippen LogP contribution >= 0.6 is 11.8 Å². The Hall–Kier alpha value is -1.23. The van der Waals surface area contributed by atoms with Gasteiger partial charge in [-0.25, -0.2) is 14.4 Å². The Labute approximate surface area is 84.8 Å². The second kappa shape index (κ2) is 3.88. The van der Waals surface area contributed by atoms with Crippen LogP contribution < -0.4 is 0 Å². The smallest absolute Gasteiger partial charge is 0.188 e. The summed E-state index contributed by atoms with van der Waals surface area (Å²) >= 11 is 1.49. The molecule has 2 aromatic heterocycles. The zero-order valence-corrected chi connectivity index (χ0v) is 8.38. The quantitative estimate of drug-likeness (QED) is 0.562. The van der Waals surface area contributed by atoms with Crippen molar-refractivity contribution in [3.05, 3.63) is 24.4 Å². The summed E-state index contributed by atoms with van der Waals surface area (Å²) in [7, 11) is 0. The third kappa shape index (κ3) is 1.68. The minimum absolute atomic E-state index is 0.339. The molecule has 0 bridgehead atoms. The van der Waals surface area contributed by atoms with E-state index in [0.717, 1.165) is 11.9 Å². The fourth-order valence-electron chi connectivity index (χ4n) is 1.10. The van der Waals surface area contributed by atoms with Crippen molar-refractivity contribution in [2.75, 3.05) is 5.75 Å². The first kappa shape index (κ1) is 9.33. The number of halogens is 1. The van der Waals surface area contributed by atoms with Crippen molar-refractivity contribution in [3.8, 4) is 0 Å². The van der Waals surface area contributed by atoms with Crippen molar-refractivity contribution in [2.45, 2.75) is 12.1 Å². The Morgan fingerprint density at radius 2 is 2.21 bits per heavy atom. The lowest BCUT2D eigenvalue weighted by Crippen LogP contribution is -1.91. The lowest BCUT2D eigenvalue weighted by Gasteiger charge is -1.99. The van der Waals surface area contributed by atoms with Crippen LogP contribution in [0.1, 0.15) is 6.92 Å². The van der Waals surface area contributed by atoms with Crippen LogP contribution in [-0.4, -0.2) is 20.7 Å². The monoisotopic (exact) mass is 209 g/mol. The van der Waals surface area contributed by atoms with Crippen LogP contribution in [0.5, 0.6) is 0 Å². The minimum Gasteiger partial charge on any atom is -0.261 e. The second-order valence-electron chi connectivity index (χ2n) is 2.64. The van der Waals surface area contributed by atoms with Gasteiger partial charge in [-0.3, -0.25) is 4.98 Å². The molecular formula is C9H8FN3S. The molecule has 0 radical (unpaired) electrons. The predicted octanol–water partition coefficient (Wildman–Crippen LogP) is 2.28. The number of hydrogen-bond acceptors (Lipinski definition) is 4. The third-order valence-electron chi connectivity index (χ3n) is 1.70. The van der Waals surface area contributed by atoms with E-state index in [4.69, 9.17) is 0 Å². The van der Waals surface area contributed by atoms with Crippen molar-refractivity contribution in [1.82, 2.24) is 15.0 Å². The van der Waals surface area contributed by atoms with Gasteiger partial charge in [0.05, 0.1) is 6.20 Å². The van der Waals surface area contributed by atoms with Gasteiger partial charge in [0, 0.05) is 17.8 Å². The number of hydrogen-bond donors (Lipinski definition) is 0. The van der Waals surface area contributed by atoms with Gasteiger partial charge in [0.2, 0.25) is 0 Å². The summed E-state index contributed by atoms with van der Waals surface area (Å²) in [5, 5.41) is 1.23. The summed E-state index contributed by atoms with van der Waals surface area (Å²) in [5.41, 5.74) is 0.339. The number of thioether (sulfide) groups is 1.